The smallest absolute Gasteiger partial charge is 0.164 e. The second kappa shape index (κ2) is 15.5. The van der Waals surface area contributed by atoms with E-state index in [0.29, 0.717) is 17.5 Å². The fourth-order valence-corrected chi connectivity index (χ4v) is 7.27. The molecule has 0 saturated carbocycles. The van der Waals surface area contributed by atoms with Crippen LogP contribution in [0.15, 0.2) is 191 Å². The van der Waals surface area contributed by atoms with Gasteiger partial charge in [-0.2, -0.15) is 0 Å². The van der Waals surface area contributed by atoms with Gasteiger partial charge in [0.05, 0.1) is 5.70 Å². The van der Waals surface area contributed by atoms with Crippen LogP contribution in [0.1, 0.15) is 38.3 Å². The molecule has 9 rings (SSSR count). The first-order valence-corrected chi connectivity index (χ1v) is 19.4. The molecule has 0 fully saturated rings. The Bertz CT molecular complexity index is 2850. The third kappa shape index (κ3) is 7.19. The minimum Gasteiger partial charge on any atom is -0.456 e. The van der Waals surface area contributed by atoms with E-state index < -0.39 is 0 Å². The predicted octanol–water partition coefficient (Wildman–Crippen LogP) is 13.8. The van der Waals surface area contributed by atoms with Crippen LogP contribution >= 0.6 is 0 Å². The summed E-state index contributed by atoms with van der Waals surface area (Å²) < 4.78 is 6.43. The van der Waals surface area contributed by atoms with Crippen LogP contribution < -0.4 is 0 Å². The molecule has 0 aliphatic carbocycles. The highest BCUT2D eigenvalue weighted by Crippen LogP contribution is 2.39. The largest absolute Gasteiger partial charge is 0.456 e. The molecule has 0 aliphatic rings. The third-order valence-electron chi connectivity index (χ3n) is 10.5. The molecule has 0 spiro atoms. The topological polar surface area (TPSA) is 64.2 Å². The summed E-state index contributed by atoms with van der Waals surface area (Å²) in [6, 6.07) is 60.4. The van der Waals surface area contributed by atoms with Gasteiger partial charge in [-0.25, -0.2) is 15.0 Å². The fourth-order valence-electron chi connectivity index (χ4n) is 7.27. The molecule has 0 aliphatic heterocycles. The molecule has 0 N–H and O–H groups in total. The Labute approximate surface area is 332 Å². The van der Waals surface area contributed by atoms with E-state index in [1.54, 1.807) is 0 Å². The van der Waals surface area contributed by atoms with Crippen LogP contribution in [0.25, 0.3) is 84.1 Å². The van der Waals surface area contributed by atoms with Crippen molar-refractivity contribution in [3.63, 3.8) is 0 Å². The molecule has 57 heavy (non-hydrogen) atoms. The molecule has 5 heteroatoms. The van der Waals surface area contributed by atoms with Crippen molar-refractivity contribution in [2.45, 2.75) is 27.2 Å². The van der Waals surface area contributed by atoms with Gasteiger partial charge >= 0.3 is 0 Å². The summed E-state index contributed by atoms with van der Waals surface area (Å²) in [4.78, 5) is 19.9. The SMILES string of the molecule is CC/C(C)=C(\N=C(C)c1ccccc1)c1cccc2oc3ccc(-c4ccc(-c5ccc(-c6nc(-c7ccccc7)nc(-c7ccccc7)n6)cc5)cc4)cc3c12. The van der Waals surface area contributed by atoms with Crippen LogP contribution in [-0.4, -0.2) is 20.7 Å². The van der Waals surface area contributed by atoms with Crippen molar-refractivity contribution >= 4 is 33.3 Å². The lowest BCUT2D eigenvalue weighted by atomic mass is 9.96. The Kier molecular flexibility index (Phi) is 9.63. The quantitative estimate of drug-likeness (QED) is 0.138. The maximum Gasteiger partial charge on any atom is 0.164 e. The van der Waals surface area contributed by atoms with Crippen LogP contribution in [0.2, 0.25) is 0 Å². The summed E-state index contributed by atoms with van der Waals surface area (Å²) in [5.74, 6) is 1.94. The Morgan fingerprint density at radius 1 is 0.474 bits per heavy atom. The zero-order chi connectivity index (χ0) is 38.7. The molecule has 9 aromatic rings. The van der Waals surface area contributed by atoms with Crippen molar-refractivity contribution in [1.82, 2.24) is 15.0 Å². The zero-order valence-corrected chi connectivity index (χ0v) is 32.1. The van der Waals surface area contributed by atoms with Crippen LogP contribution in [0.4, 0.5) is 0 Å². The average Bonchev–Trinajstić information content (AvgIpc) is 3.67. The van der Waals surface area contributed by atoms with Crippen molar-refractivity contribution in [3.05, 3.63) is 193 Å². The molecule has 5 nitrogen and oxygen atoms in total. The summed E-state index contributed by atoms with van der Waals surface area (Å²) >= 11 is 0. The van der Waals surface area contributed by atoms with E-state index in [0.717, 1.165) is 89.8 Å². The molecule has 7 aromatic carbocycles. The maximum absolute atomic E-state index is 6.43. The molecule has 0 saturated heterocycles. The standard InChI is InChI=1S/C52H40N4O/c1-4-34(2)49(53-35(3)36-15-8-5-9-16-36)44-21-14-22-47-48(44)45-33-43(31-32-46(45)57-47)39-25-23-37(24-26-39)38-27-29-42(30-28-38)52-55-50(40-17-10-6-11-18-40)54-51(56-52)41-19-12-7-13-20-41/h5-33H,4H2,1-3H3/b49-34-,53-35?. The molecule has 2 heterocycles. The van der Waals surface area contributed by atoms with Gasteiger partial charge in [0, 0.05) is 38.7 Å². The number of nitrogens with zero attached hydrogens (tertiary/aromatic N) is 4. The maximum atomic E-state index is 6.43. The van der Waals surface area contributed by atoms with Gasteiger partial charge in [0.15, 0.2) is 17.5 Å². The molecule has 0 bridgehead atoms. The van der Waals surface area contributed by atoms with E-state index in [1.165, 1.54) is 5.57 Å². The molecule has 274 valence electrons. The number of allylic oxidation sites excluding steroid dienone is 1. The van der Waals surface area contributed by atoms with Gasteiger partial charge in [-0.3, -0.25) is 4.99 Å². The monoisotopic (exact) mass is 736 g/mol. The molecule has 0 atom stereocenters. The zero-order valence-electron chi connectivity index (χ0n) is 32.1. The van der Waals surface area contributed by atoms with Gasteiger partial charge in [0.1, 0.15) is 11.2 Å². The third-order valence-corrected chi connectivity index (χ3v) is 10.5. The first-order chi connectivity index (χ1) is 28.0. The number of furan rings is 1. The van der Waals surface area contributed by atoms with E-state index in [9.17, 15) is 0 Å². The Morgan fingerprint density at radius 3 is 1.49 bits per heavy atom. The summed E-state index contributed by atoms with van der Waals surface area (Å²) in [6.45, 7) is 6.45. The van der Waals surface area contributed by atoms with Gasteiger partial charge in [0.2, 0.25) is 0 Å². The number of aromatic nitrogens is 3. The highest BCUT2D eigenvalue weighted by molar-refractivity contribution is 6.12. The van der Waals surface area contributed by atoms with E-state index >= 15 is 0 Å². The number of aliphatic imine (C=N–C) groups is 1. The lowest BCUT2D eigenvalue weighted by molar-refractivity contribution is 0.669. The highest BCUT2D eigenvalue weighted by Gasteiger charge is 2.17. The molecule has 0 radical (unpaired) electrons. The van der Waals surface area contributed by atoms with E-state index in [-0.39, 0.29) is 0 Å². The molecule has 0 amide bonds. The second-order valence-corrected chi connectivity index (χ2v) is 14.2. The highest BCUT2D eigenvalue weighted by atomic mass is 16.3. The van der Waals surface area contributed by atoms with Crippen LogP contribution in [0.3, 0.4) is 0 Å². The summed E-state index contributed by atoms with van der Waals surface area (Å²) in [5.41, 5.74) is 14.5. The lowest BCUT2D eigenvalue weighted by Crippen LogP contribution is -2.00. The second-order valence-electron chi connectivity index (χ2n) is 14.2. The van der Waals surface area contributed by atoms with Gasteiger partial charge in [-0.1, -0.05) is 165 Å². The van der Waals surface area contributed by atoms with Crippen molar-refractivity contribution < 1.29 is 4.42 Å². The van der Waals surface area contributed by atoms with Crippen molar-refractivity contribution in [3.8, 4) is 56.4 Å². The molecular weight excluding hydrogens is 697 g/mol. The summed E-state index contributed by atoms with van der Waals surface area (Å²) in [5, 5.41) is 2.17. The van der Waals surface area contributed by atoms with E-state index in [4.69, 9.17) is 24.4 Å². The number of hydrogen-bond donors (Lipinski definition) is 0. The summed E-state index contributed by atoms with van der Waals surface area (Å²) in [6.07, 6.45) is 0.898. The van der Waals surface area contributed by atoms with E-state index in [1.807, 2.05) is 66.7 Å². The number of fused-ring (bicyclic) bond motifs is 3. The first kappa shape index (κ1) is 35.5. The van der Waals surface area contributed by atoms with Gasteiger partial charge in [-0.15, -0.1) is 0 Å². The normalized spacial score (nSPS) is 12.2. The Morgan fingerprint density at radius 2 is 0.947 bits per heavy atom. The number of hydrogen-bond acceptors (Lipinski definition) is 5. The lowest BCUT2D eigenvalue weighted by Gasteiger charge is -2.11. The van der Waals surface area contributed by atoms with Gasteiger partial charge in [0.25, 0.3) is 0 Å². The minimum atomic E-state index is 0.639. The Hall–Kier alpha value is -7.24. The van der Waals surface area contributed by atoms with Crippen molar-refractivity contribution in [2.75, 3.05) is 0 Å². The summed E-state index contributed by atoms with van der Waals surface area (Å²) in [7, 11) is 0. The Balaban J connectivity index is 1.03. The molecule has 2 aromatic heterocycles. The van der Waals surface area contributed by atoms with Crippen LogP contribution in [-0.2, 0) is 0 Å². The van der Waals surface area contributed by atoms with Crippen molar-refractivity contribution in [2.24, 2.45) is 4.99 Å². The van der Waals surface area contributed by atoms with Gasteiger partial charge in [-0.05, 0) is 71.9 Å². The van der Waals surface area contributed by atoms with Gasteiger partial charge < -0.3 is 4.42 Å². The van der Waals surface area contributed by atoms with E-state index in [2.05, 4.69) is 130 Å². The van der Waals surface area contributed by atoms with Crippen LogP contribution in [0.5, 0.6) is 0 Å². The average molecular weight is 737 g/mol. The molecule has 0 unspecified atom stereocenters. The van der Waals surface area contributed by atoms with Crippen LogP contribution in [0, 0.1) is 0 Å². The minimum absolute atomic E-state index is 0.639. The van der Waals surface area contributed by atoms with Crippen molar-refractivity contribution in [1.29, 1.82) is 0 Å². The first-order valence-electron chi connectivity index (χ1n) is 19.4. The number of benzene rings is 7. The molecular formula is C52H40N4O. The number of rotatable bonds is 9. The fraction of sp³-hybridized carbons (Fsp3) is 0.0769. The predicted molar refractivity (Wildman–Crippen MR) is 236 cm³/mol.